The second-order valence-electron chi connectivity index (χ2n) is 4.64. The van der Waals surface area contributed by atoms with Crippen molar-refractivity contribution in [3.05, 3.63) is 23.8 Å². The zero-order valence-electron chi connectivity index (χ0n) is 10.3. The summed E-state index contributed by atoms with van der Waals surface area (Å²) in [5, 5.41) is 23.7. The predicted octanol–water partition coefficient (Wildman–Crippen LogP) is 2.01. The number of hydrogen-bond donors (Lipinski definition) is 4. The third kappa shape index (κ3) is 3.15. The van der Waals surface area contributed by atoms with Gasteiger partial charge in [0.05, 0.1) is 5.69 Å². The number of carbonyl (C=O) groups is 2. The summed E-state index contributed by atoms with van der Waals surface area (Å²) in [6.07, 6.45) is 3.45. The summed E-state index contributed by atoms with van der Waals surface area (Å²) in [6.45, 7) is 0.602. The van der Waals surface area contributed by atoms with Gasteiger partial charge in [0.2, 0.25) is 0 Å². The average molecular weight is 264 g/mol. The number of amides is 2. The van der Waals surface area contributed by atoms with Crippen LogP contribution < -0.4 is 10.6 Å². The Morgan fingerprint density at radius 2 is 2.05 bits per heavy atom. The van der Waals surface area contributed by atoms with Crippen LogP contribution >= 0.6 is 0 Å². The second-order valence-corrected chi connectivity index (χ2v) is 4.64. The first kappa shape index (κ1) is 13.2. The minimum atomic E-state index is -1.24. The first-order valence-electron chi connectivity index (χ1n) is 6.18. The van der Waals surface area contributed by atoms with Gasteiger partial charge in [-0.1, -0.05) is 12.5 Å². The van der Waals surface area contributed by atoms with Gasteiger partial charge in [-0.25, -0.2) is 9.59 Å². The van der Waals surface area contributed by atoms with Crippen LogP contribution in [-0.4, -0.2) is 28.8 Å². The molecule has 1 aromatic carbocycles. The van der Waals surface area contributed by atoms with E-state index in [1.54, 1.807) is 0 Å². The summed E-state index contributed by atoms with van der Waals surface area (Å²) in [6, 6.07) is 3.74. The van der Waals surface area contributed by atoms with E-state index < -0.39 is 17.7 Å². The van der Waals surface area contributed by atoms with Crippen LogP contribution in [0.4, 0.5) is 10.5 Å². The SMILES string of the molecule is O=C(NCC1CCC1)Nc1cccc(C(=O)O)c1O. The van der Waals surface area contributed by atoms with Crippen LogP contribution in [0, 0.1) is 5.92 Å². The zero-order valence-corrected chi connectivity index (χ0v) is 10.3. The van der Waals surface area contributed by atoms with Crippen LogP contribution in [0.1, 0.15) is 29.6 Å². The van der Waals surface area contributed by atoms with Gasteiger partial charge in [0, 0.05) is 6.54 Å². The van der Waals surface area contributed by atoms with Crippen molar-refractivity contribution in [2.75, 3.05) is 11.9 Å². The molecule has 0 unspecified atom stereocenters. The Kier molecular flexibility index (Phi) is 3.89. The number of carboxylic acids is 1. The molecule has 19 heavy (non-hydrogen) atoms. The maximum Gasteiger partial charge on any atom is 0.339 e. The molecule has 0 saturated heterocycles. The van der Waals surface area contributed by atoms with E-state index in [1.807, 2.05) is 0 Å². The molecule has 1 saturated carbocycles. The maximum absolute atomic E-state index is 11.6. The Balaban J connectivity index is 1.95. The minimum Gasteiger partial charge on any atom is -0.505 e. The highest BCUT2D eigenvalue weighted by molar-refractivity contribution is 5.97. The number of anilines is 1. The number of benzene rings is 1. The van der Waals surface area contributed by atoms with Crippen molar-refractivity contribution in [1.29, 1.82) is 0 Å². The molecule has 2 rings (SSSR count). The van der Waals surface area contributed by atoms with Gasteiger partial charge >= 0.3 is 12.0 Å². The number of para-hydroxylation sites is 1. The third-order valence-electron chi connectivity index (χ3n) is 3.29. The van der Waals surface area contributed by atoms with E-state index in [-0.39, 0.29) is 11.3 Å². The monoisotopic (exact) mass is 264 g/mol. The van der Waals surface area contributed by atoms with Gasteiger partial charge in [-0.15, -0.1) is 0 Å². The highest BCUT2D eigenvalue weighted by atomic mass is 16.4. The van der Waals surface area contributed by atoms with Crippen molar-refractivity contribution in [2.24, 2.45) is 5.92 Å². The molecule has 0 aliphatic heterocycles. The molecule has 0 spiro atoms. The van der Waals surface area contributed by atoms with Gasteiger partial charge in [-0.3, -0.25) is 0 Å². The van der Waals surface area contributed by atoms with Crippen molar-refractivity contribution < 1.29 is 19.8 Å². The molecular formula is C13H16N2O4. The number of hydrogen-bond acceptors (Lipinski definition) is 3. The topological polar surface area (TPSA) is 98.7 Å². The summed E-state index contributed by atoms with van der Waals surface area (Å²) in [5.74, 6) is -1.14. The molecule has 0 aromatic heterocycles. The van der Waals surface area contributed by atoms with Crippen molar-refractivity contribution in [3.63, 3.8) is 0 Å². The fourth-order valence-electron chi connectivity index (χ4n) is 1.92. The summed E-state index contributed by atoms with van der Waals surface area (Å²) < 4.78 is 0. The number of carbonyl (C=O) groups excluding carboxylic acids is 1. The van der Waals surface area contributed by atoms with Gasteiger partial charge < -0.3 is 20.8 Å². The zero-order chi connectivity index (χ0) is 13.8. The minimum absolute atomic E-state index is 0.0889. The van der Waals surface area contributed by atoms with Crippen molar-refractivity contribution in [2.45, 2.75) is 19.3 Å². The molecule has 0 heterocycles. The molecule has 4 N–H and O–H groups in total. The van der Waals surface area contributed by atoms with Crippen molar-refractivity contribution in [3.8, 4) is 5.75 Å². The molecule has 6 nitrogen and oxygen atoms in total. The standard InChI is InChI=1S/C13H16N2O4/c16-11-9(12(17)18)5-2-6-10(11)15-13(19)14-7-8-3-1-4-8/h2,5-6,8,16H,1,3-4,7H2,(H,17,18)(H2,14,15,19). The number of aromatic hydroxyl groups is 1. The molecule has 0 radical (unpaired) electrons. The quantitative estimate of drug-likeness (QED) is 0.625. The van der Waals surface area contributed by atoms with Crippen LogP contribution in [0.2, 0.25) is 0 Å². The van der Waals surface area contributed by atoms with E-state index in [1.165, 1.54) is 24.6 Å². The van der Waals surface area contributed by atoms with Crippen LogP contribution in [0.5, 0.6) is 5.75 Å². The molecule has 6 heteroatoms. The lowest BCUT2D eigenvalue weighted by Crippen LogP contribution is -2.35. The normalized spacial score (nSPS) is 14.5. The Morgan fingerprint density at radius 1 is 1.32 bits per heavy atom. The van der Waals surface area contributed by atoms with E-state index >= 15 is 0 Å². The molecule has 1 aliphatic rings. The largest absolute Gasteiger partial charge is 0.505 e. The lowest BCUT2D eigenvalue weighted by molar-refractivity contribution is 0.0694. The Bertz CT molecular complexity index is 497. The number of carboxylic acid groups (broad SMARTS) is 1. The Labute approximate surface area is 110 Å². The lowest BCUT2D eigenvalue weighted by atomic mass is 9.85. The summed E-state index contributed by atoms with van der Waals surface area (Å²) >= 11 is 0. The van der Waals surface area contributed by atoms with Crippen molar-refractivity contribution >= 4 is 17.7 Å². The van der Waals surface area contributed by atoms with Gasteiger partial charge in [0.25, 0.3) is 0 Å². The summed E-state index contributed by atoms with van der Waals surface area (Å²) in [7, 11) is 0. The van der Waals surface area contributed by atoms with E-state index in [4.69, 9.17) is 5.11 Å². The van der Waals surface area contributed by atoms with E-state index in [0.29, 0.717) is 12.5 Å². The van der Waals surface area contributed by atoms with Crippen LogP contribution in [0.25, 0.3) is 0 Å². The fraction of sp³-hybridized carbons (Fsp3) is 0.385. The molecule has 1 aromatic rings. The lowest BCUT2D eigenvalue weighted by Gasteiger charge is -2.25. The highest BCUT2D eigenvalue weighted by Crippen LogP contribution is 2.27. The summed E-state index contributed by atoms with van der Waals surface area (Å²) in [4.78, 5) is 22.4. The molecule has 0 bridgehead atoms. The summed E-state index contributed by atoms with van der Waals surface area (Å²) in [5.41, 5.74) is -0.150. The van der Waals surface area contributed by atoms with Crippen LogP contribution in [0.3, 0.4) is 0 Å². The van der Waals surface area contributed by atoms with Gasteiger partial charge in [-0.05, 0) is 30.9 Å². The van der Waals surface area contributed by atoms with E-state index in [2.05, 4.69) is 10.6 Å². The number of nitrogens with one attached hydrogen (secondary N) is 2. The Hall–Kier alpha value is -2.24. The average Bonchev–Trinajstić information content (AvgIpc) is 2.29. The second kappa shape index (κ2) is 5.60. The third-order valence-corrected chi connectivity index (χ3v) is 3.29. The molecule has 2 amide bonds. The number of phenols is 1. The maximum atomic E-state index is 11.6. The molecule has 1 fully saturated rings. The molecular weight excluding hydrogens is 248 g/mol. The predicted molar refractivity (Wildman–Crippen MR) is 69.4 cm³/mol. The van der Waals surface area contributed by atoms with Crippen LogP contribution in [0.15, 0.2) is 18.2 Å². The fourth-order valence-corrected chi connectivity index (χ4v) is 1.92. The number of rotatable bonds is 4. The highest BCUT2D eigenvalue weighted by Gasteiger charge is 2.18. The van der Waals surface area contributed by atoms with Gasteiger partial charge in [0.1, 0.15) is 5.56 Å². The van der Waals surface area contributed by atoms with E-state index in [9.17, 15) is 14.7 Å². The molecule has 102 valence electrons. The molecule has 0 atom stereocenters. The van der Waals surface area contributed by atoms with Crippen molar-refractivity contribution in [1.82, 2.24) is 5.32 Å². The Morgan fingerprint density at radius 3 is 2.63 bits per heavy atom. The van der Waals surface area contributed by atoms with Gasteiger partial charge in [-0.2, -0.15) is 0 Å². The van der Waals surface area contributed by atoms with E-state index in [0.717, 1.165) is 12.8 Å². The first-order valence-corrected chi connectivity index (χ1v) is 6.18. The number of aromatic carboxylic acids is 1. The first-order chi connectivity index (χ1) is 9.08. The molecule has 1 aliphatic carbocycles. The van der Waals surface area contributed by atoms with Gasteiger partial charge in [0.15, 0.2) is 5.75 Å². The smallest absolute Gasteiger partial charge is 0.339 e. The number of urea groups is 1. The van der Waals surface area contributed by atoms with Crippen LogP contribution in [-0.2, 0) is 0 Å².